The second kappa shape index (κ2) is 6.82. The number of rotatable bonds is 3. The maximum absolute atomic E-state index is 2.63. The van der Waals surface area contributed by atoms with Gasteiger partial charge in [-0.1, -0.05) is 99.3 Å². The zero-order valence-corrected chi connectivity index (χ0v) is 20.1. The van der Waals surface area contributed by atoms with Crippen molar-refractivity contribution >= 4 is 14.1 Å². The normalized spacial score (nSPS) is 17.7. The van der Waals surface area contributed by atoms with Gasteiger partial charge in [0.15, 0.2) is 0 Å². The first-order chi connectivity index (χ1) is 14.3. The van der Waals surface area contributed by atoms with Crippen LogP contribution in [0.2, 0.25) is 13.1 Å². The number of hydrogen-bond donors (Lipinski definition) is 0. The molecule has 0 nitrogen and oxygen atoms in total. The second-order valence-corrected chi connectivity index (χ2v) is 15.0. The van der Waals surface area contributed by atoms with Gasteiger partial charge in [0.1, 0.15) is 0 Å². The van der Waals surface area contributed by atoms with Crippen LogP contribution in [-0.4, -0.2) is 8.07 Å². The van der Waals surface area contributed by atoms with E-state index < -0.39 is 8.07 Å². The highest BCUT2D eigenvalue weighted by molar-refractivity contribution is 6.82. The van der Waals surface area contributed by atoms with Crippen LogP contribution in [0.5, 0.6) is 0 Å². The molecule has 5 rings (SSSR count). The molecule has 1 atom stereocenters. The lowest BCUT2D eigenvalue weighted by molar-refractivity contribution is 0.858. The monoisotopic (exact) mass is 408 g/mol. The molecule has 0 N–H and O–H groups in total. The fourth-order valence-electron chi connectivity index (χ4n) is 6.43. The Morgan fingerprint density at radius 1 is 0.733 bits per heavy atom. The van der Waals surface area contributed by atoms with E-state index in [-0.39, 0.29) is 0 Å². The van der Waals surface area contributed by atoms with Gasteiger partial charge < -0.3 is 0 Å². The summed E-state index contributed by atoms with van der Waals surface area (Å²) in [6, 6.07) is 23.0. The summed E-state index contributed by atoms with van der Waals surface area (Å²) in [6.07, 6.45) is 2.52. The third-order valence-corrected chi connectivity index (χ3v) is 11.9. The highest BCUT2D eigenvalue weighted by Gasteiger charge is 2.48. The van der Waals surface area contributed by atoms with Crippen LogP contribution in [0.1, 0.15) is 71.2 Å². The topological polar surface area (TPSA) is 0 Å². The predicted octanol–water partition coefficient (Wildman–Crippen LogP) is 8.22. The third kappa shape index (κ3) is 2.64. The highest BCUT2D eigenvalue weighted by atomic mass is 28.3. The van der Waals surface area contributed by atoms with Gasteiger partial charge in [0.25, 0.3) is 0 Å². The molecular formula is C29H32Si. The maximum Gasteiger partial charge on any atom is 0.0726 e. The molecule has 0 radical (unpaired) electrons. The van der Waals surface area contributed by atoms with Crippen molar-refractivity contribution in [2.45, 2.75) is 57.8 Å². The third-order valence-electron chi connectivity index (χ3n) is 7.60. The Kier molecular flexibility index (Phi) is 4.45. The van der Waals surface area contributed by atoms with Gasteiger partial charge in [-0.2, -0.15) is 0 Å². The molecule has 0 spiro atoms. The van der Waals surface area contributed by atoms with Gasteiger partial charge in [-0.25, -0.2) is 0 Å². The second-order valence-electron chi connectivity index (χ2n) is 10.2. The Morgan fingerprint density at radius 2 is 1.30 bits per heavy atom. The summed E-state index contributed by atoms with van der Waals surface area (Å²) in [5, 5.41) is 0. The van der Waals surface area contributed by atoms with E-state index in [0.717, 1.165) is 0 Å². The number of hydrogen-bond acceptors (Lipinski definition) is 0. The predicted molar refractivity (Wildman–Crippen MR) is 133 cm³/mol. The molecule has 0 bridgehead atoms. The van der Waals surface area contributed by atoms with Crippen LogP contribution in [0.25, 0.3) is 17.2 Å². The van der Waals surface area contributed by atoms with Gasteiger partial charge in [0.05, 0.1) is 8.07 Å². The first kappa shape index (κ1) is 19.6. The Hall–Kier alpha value is -2.38. The van der Waals surface area contributed by atoms with E-state index in [1.807, 2.05) is 0 Å². The average molecular weight is 409 g/mol. The maximum atomic E-state index is 2.63. The molecule has 0 fully saturated rings. The Morgan fingerprint density at radius 3 is 1.87 bits per heavy atom. The van der Waals surface area contributed by atoms with Crippen LogP contribution >= 0.6 is 0 Å². The lowest BCUT2D eigenvalue weighted by atomic mass is 9.92. The van der Waals surface area contributed by atoms with Gasteiger partial charge >= 0.3 is 0 Å². The van der Waals surface area contributed by atoms with Crippen molar-refractivity contribution in [3.63, 3.8) is 0 Å². The number of fused-ring (bicyclic) bond motifs is 4. The van der Waals surface area contributed by atoms with E-state index in [1.165, 1.54) is 27.8 Å². The van der Waals surface area contributed by atoms with E-state index in [9.17, 15) is 0 Å². The van der Waals surface area contributed by atoms with Gasteiger partial charge in [-0.3, -0.25) is 0 Å². The summed E-state index contributed by atoms with van der Waals surface area (Å²) in [5.74, 6) is 0.555. The number of aryl methyl sites for hydroxylation is 1. The molecular weight excluding hydrogens is 376 g/mol. The minimum absolute atomic E-state index is 0.534. The van der Waals surface area contributed by atoms with Crippen LogP contribution < -0.4 is 0 Å². The van der Waals surface area contributed by atoms with E-state index >= 15 is 0 Å². The minimum Gasteiger partial charge on any atom is -0.0679 e. The van der Waals surface area contributed by atoms with Crippen molar-refractivity contribution in [3.05, 3.63) is 99.6 Å². The van der Waals surface area contributed by atoms with Crippen LogP contribution in [0.4, 0.5) is 0 Å². The molecule has 1 heteroatoms. The van der Waals surface area contributed by atoms with Gasteiger partial charge in [-0.05, 0) is 64.3 Å². The van der Waals surface area contributed by atoms with Crippen LogP contribution in [-0.2, 0) is 0 Å². The van der Waals surface area contributed by atoms with Crippen molar-refractivity contribution in [3.8, 4) is 11.1 Å². The van der Waals surface area contributed by atoms with E-state index in [2.05, 4.69) is 108 Å². The zero-order valence-electron chi connectivity index (χ0n) is 19.1. The summed E-state index contributed by atoms with van der Waals surface area (Å²) in [5.41, 5.74) is 14.8. The Bertz CT molecular complexity index is 1130. The largest absolute Gasteiger partial charge is 0.0726 e. The lowest BCUT2D eigenvalue weighted by Gasteiger charge is -2.39. The van der Waals surface area contributed by atoms with Crippen molar-refractivity contribution in [2.24, 2.45) is 0 Å². The van der Waals surface area contributed by atoms with Gasteiger partial charge in [-0.15, -0.1) is 0 Å². The van der Waals surface area contributed by atoms with Crippen molar-refractivity contribution in [1.29, 1.82) is 0 Å². The number of benzene rings is 3. The van der Waals surface area contributed by atoms with Crippen LogP contribution in [0.15, 0.2) is 66.2 Å². The smallest absolute Gasteiger partial charge is 0.0679 e. The molecule has 0 saturated carbocycles. The van der Waals surface area contributed by atoms with Crippen LogP contribution in [0, 0.1) is 6.92 Å². The fraction of sp³-hybridized carbons (Fsp3) is 0.310. The molecule has 3 aromatic carbocycles. The molecule has 1 unspecified atom stereocenters. The molecule has 0 heterocycles. The molecule has 2 aliphatic rings. The molecule has 0 aromatic heterocycles. The van der Waals surface area contributed by atoms with Gasteiger partial charge in [0, 0.05) is 11.1 Å². The summed E-state index contributed by atoms with van der Waals surface area (Å²) in [6.45, 7) is 14.6. The quantitative estimate of drug-likeness (QED) is 0.383. The summed E-state index contributed by atoms with van der Waals surface area (Å²) < 4.78 is 0. The Labute approximate surface area is 182 Å². The highest BCUT2D eigenvalue weighted by Crippen LogP contribution is 2.56. The lowest BCUT2D eigenvalue weighted by Crippen LogP contribution is -2.42. The molecule has 0 aliphatic heterocycles. The molecule has 152 valence electrons. The zero-order chi connectivity index (χ0) is 21.2. The van der Waals surface area contributed by atoms with E-state index in [0.29, 0.717) is 17.0 Å². The van der Waals surface area contributed by atoms with Crippen LogP contribution in [0.3, 0.4) is 0 Å². The molecule has 30 heavy (non-hydrogen) atoms. The molecule has 3 aromatic rings. The fourth-order valence-corrected chi connectivity index (χ4v) is 11.3. The molecule has 0 amide bonds. The summed E-state index contributed by atoms with van der Waals surface area (Å²) in [7, 11) is -1.81. The SMILES string of the molecule is CC1=Cc2c(C(C)C)ccc(C)c2C1[Si](C)(C)C1c2ccccc2-c2ccccc21. The first-order valence-corrected chi connectivity index (χ1v) is 14.5. The van der Waals surface area contributed by atoms with Crippen molar-refractivity contribution in [2.75, 3.05) is 0 Å². The Balaban J connectivity index is 1.72. The summed E-state index contributed by atoms with van der Waals surface area (Å²) >= 11 is 0. The van der Waals surface area contributed by atoms with Crippen molar-refractivity contribution < 1.29 is 0 Å². The standard InChI is InChI=1S/C29H32Si/c1-18(2)21-16-15-19(3)27-26(21)17-20(4)28(27)30(5,6)29-24-13-9-7-11-22(24)23-12-8-10-14-25(23)29/h7-18,28-29H,1-6H3. The van der Waals surface area contributed by atoms with Gasteiger partial charge in [0.2, 0.25) is 0 Å². The van der Waals surface area contributed by atoms with E-state index in [4.69, 9.17) is 0 Å². The molecule has 0 saturated heterocycles. The average Bonchev–Trinajstić information content (AvgIpc) is 3.24. The van der Waals surface area contributed by atoms with E-state index in [1.54, 1.807) is 22.3 Å². The summed E-state index contributed by atoms with van der Waals surface area (Å²) in [4.78, 5) is 0. The first-order valence-electron chi connectivity index (χ1n) is 11.3. The molecule has 2 aliphatic carbocycles. The number of allylic oxidation sites excluding steroid dienone is 1. The minimum atomic E-state index is -1.81. The van der Waals surface area contributed by atoms with Crippen molar-refractivity contribution in [1.82, 2.24) is 0 Å².